The normalized spacial score (nSPS) is 13.9. The summed E-state index contributed by atoms with van der Waals surface area (Å²) in [5.41, 5.74) is 1.15. The fourth-order valence-corrected chi connectivity index (χ4v) is 2.61. The molecule has 0 saturated heterocycles. The molecule has 0 unspecified atom stereocenters. The van der Waals surface area contributed by atoms with Crippen molar-refractivity contribution in [1.82, 2.24) is 20.2 Å². The molecule has 0 N–H and O–H groups in total. The summed E-state index contributed by atoms with van der Waals surface area (Å²) in [4.78, 5) is 12.1. The largest absolute Gasteiger partial charge is 0.293 e. The number of aromatic nitrogens is 4. The van der Waals surface area contributed by atoms with Gasteiger partial charge in [0.25, 0.3) is 0 Å². The molecule has 1 aliphatic rings. The van der Waals surface area contributed by atoms with Gasteiger partial charge in [-0.3, -0.25) is 4.79 Å². The molecule has 0 bridgehead atoms. The number of nitrogens with zero attached hydrogens (tertiary/aromatic N) is 5. The number of Topliss-reactive ketones (excluding diaryl/α,β-unsaturated/α-hetero) is 1. The number of carbonyl (C=O) groups is 1. The predicted octanol–water partition coefficient (Wildman–Crippen LogP) is 1.85. The number of thioether (sulfide) groups is 1. The minimum absolute atomic E-state index is 0.00448. The average Bonchev–Trinajstić information content (AvgIpc) is 3.23. The van der Waals surface area contributed by atoms with Gasteiger partial charge < -0.3 is 0 Å². The van der Waals surface area contributed by atoms with E-state index in [-0.39, 0.29) is 5.78 Å². The minimum Gasteiger partial charge on any atom is -0.293 e. The van der Waals surface area contributed by atoms with Gasteiger partial charge in [0.2, 0.25) is 5.16 Å². The van der Waals surface area contributed by atoms with Crippen LogP contribution in [0.4, 0.5) is 0 Å². The first-order valence-corrected chi connectivity index (χ1v) is 7.20. The second kappa shape index (κ2) is 5.43. The number of benzene rings is 1. The zero-order chi connectivity index (χ0) is 13.9. The van der Waals surface area contributed by atoms with Crippen molar-refractivity contribution in [3.63, 3.8) is 0 Å². The van der Waals surface area contributed by atoms with Crippen LogP contribution in [0.1, 0.15) is 34.8 Å². The summed E-state index contributed by atoms with van der Waals surface area (Å²) >= 11 is 1.35. The van der Waals surface area contributed by atoms with Crippen LogP contribution in [0.2, 0.25) is 0 Å². The van der Waals surface area contributed by atoms with Crippen molar-refractivity contribution < 1.29 is 4.79 Å². The fourth-order valence-electron chi connectivity index (χ4n) is 1.77. The van der Waals surface area contributed by atoms with Gasteiger partial charge in [0.1, 0.15) is 0 Å². The standard InChI is InChI=1S/C13H11N5OS/c14-7-9-1-3-10(4-2-9)12(19)8-20-13-15-16-17-18(13)11-5-6-11/h1-4,11H,5-6,8H2. The van der Waals surface area contributed by atoms with E-state index < -0.39 is 0 Å². The van der Waals surface area contributed by atoms with Crippen molar-refractivity contribution in [1.29, 1.82) is 5.26 Å². The Morgan fingerprint density at radius 3 is 2.80 bits per heavy atom. The van der Waals surface area contributed by atoms with E-state index in [0.29, 0.717) is 28.1 Å². The molecule has 100 valence electrons. The van der Waals surface area contributed by atoms with Gasteiger partial charge in [-0.05, 0) is 35.4 Å². The van der Waals surface area contributed by atoms with Crippen LogP contribution in [-0.2, 0) is 0 Å². The highest BCUT2D eigenvalue weighted by Gasteiger charge is 2.28. The number of tetrazole rings is 1. The maximum absolute atomic E-state index is 12.1. The van der Waals surface area contributed by atoms with Gasteiger partial charge in [0, 0.05) is 5.56 Å². The first kappa shape index (κ1) is 12.8. The van der Waals surface area contributed by atoms with Crippen molar-refractivity contribution in [2.24, 2.45) is 0 Å². The Balaban J connectivity index is 1.63. The number of ketones is 1. The lowest BCUT2D eigenvalue weighted by Gasteiger charge is -2.02. The first-order chi connectivity index (χ1) is 9.78. The number of hydrogen-bond donors (Lipinski definition) is 0. The lowest BCUT2D eigenvalue weighted by Crippen LogP contribution is -2.05. The molecule has 6 nitrogen and oxygen atoms in total. The topological polar surface area (TPSA) is 84.5 Å². The molecule has 1 heterocycles. The van der Waals surface area contributed by atoms with Crippen LogP contribution in [0.5, 0.6) is 0 Å². The molecule has 1 fully saturated rings. The molecular weight excluding hydrogens is 274 g/mol. The van der Waals surface area contributed by atoms with Gasteiger partial charge in [-0.15, -0.1) is 5.10 Å². The van der Waals surface area contributed by atoms with Crippen LogP contribution in [0, 0.1) is 11.3 Å². The number of rotatable bonds is 5. The maximum atomic E-state index is 12.1. The molecular formula is C13H11N5OS. The monoisotopic (exact) mass is 285 g/mol. The molecule has 3 rings (SSSR count). The Morgan fingerprint density at radius 2 is 2.15 bits per heavy atom. The summed E-state index contributed by atoms with van der Waals surface area (Å²) in [6, 6.07) is 9.06. The molecule has 1 aliphatic carbocycles. The molecule has 0 spiro atoms. The Kier molecular flexibility index (Phi) is 3.48. The number of nitriles is 1. The Morgan fingerprint density at radius 1 is 1.40 bits per heavy atom. The summed E-state index contributed by atoms with van der Waals surface area (Å²) in [7, 11) is 0. The van der Waals surface area contributed by atoms with Crippen LogP contribution in [0.15, 0.2) is 29.4 Å². The van der Waals surface area contributed by atoms with Crippen molar-refractivity contribution in [2.75, 3.05) is 5.75 Å². The smallest absolute Gasteiger partial charge is 0.210 e. The molecule has 0 atom stereocenters. The predicted molar refractivity (Wildman–Crippen MR) is 72.3 cm³/mol. The lowest BCUT2D eigenvalue weighted by atomic mass is 10.1. The highest BCUT2D eigenvalue weighted by molar-refractivity contribution is 7.99. The third kappa shape index (κ3) is 2.70. The quantitative estimate of drug-likeness (QED) is 0.615. The fraction of sp³-hybridized carbons (Fsp3) is 0.308. The van der Waals surface area contributed by atoms with Crippen LogP contribution < -0.4 is 0 Å². The maximum Gasteiger partial charge on any atom is 0.210 e. The third-order valence-corrected chi connectivity index (χ3v) is 3.96. The zero-order valence-electron chi connectivity index (χ0n) is 10.6. The van der Waals surface area contributed by atoms with Crippen molar-refractivity contribution in [2.45, 2.75) is 24.0 Å². The summed E-state index contributed by atoms with van der Waals surface area (Å²) in [5.74, 6) is 0.295. The molecule has 0 amide bonds. The van der Waals surface area contributed by atoms with Crippen LogP contribution in [-0.4, -0.2) is 31.7 Å². The molecule has 0 radical (unpaired) electrons. The number of carbonyl (C=O) groups excluding carboxylic acids is 1. The van der Waals surface area contributed by atoms with Gasteiger partial charge in [-0.25, -0.2) is 4.68 Å². The molecule has 1 saturated carbocycles. The highest BCUT2D eigenvalue weighted by atomic mass is 32.2. The third-order valence-electron chi connectivity index (χ3n) is 3.02. The van der Waals surface area contributed by atoms with E-state index >= 15 is 0 Å². The van der Waals surface area contributed by atoms with Crippen LogP contribution in [0.3, 0.4) is 0 Å². The van der Waals surface area contributed by atoms with Crippen LogP contribution >= 0.6 is 11.8 Å². The van der Waals surface area contributed by atoms with Crippen molar-refractivity contribution in [3.8, 4) is 6.07 Å². The van der Waals surface area contributed by atoms with Gasteiger partial charge >= 0.3 is 0 Å². The first-order valence-electron chi connectivity index (χ1n) is 6.22. The molecule has 1 aromatic heterocycles. The zero-order valence-corrected chi connectivity index (χ0v) is 11.4. The Hall–Kier alpha value is -2.20. The number of hydrogen-bond acceptors (Lipinski definition) is 6. The van der Waals surface area contributed by atoms with Crippen molar-refractivity contribution >= 4 is 17.5 Å². The van der Waals surface area contributed by atoms with E-state index in [1.165, 1.54) is 11.8 Å². The Bertz CT molecular complexity index is 669. The van der Waals surface area contributed by atoms with E-state index in [1.54, 1.807) is 28.9 Å². The molecule has 2 aromatic rings. The summed E-state index contributed by atoms with van der Waals surface area (Å²) < 4.78 is 1.79. The molecule has 0 aliphatic heterocycles. The average molecular weight is 285 g/mol. The lowest BCUT2D eigenvalue weighted by molar-refractivity contribution is 0.102. The van der Waals surface area contributed by atoms with Gasteiger partial charge in [0.05, 0.1) is 23.4 Å². The summed E-state index contributed by atoms with van der Waals surface area (Å²) in [5, 5.41) is 20.9. The second-order valence-electron chi connectivity index (χ2n) is 4.54. The van der Waals surface area contributed by atoms with Gasteiger partial charge in [-0.2, -0.15) is 5.26 Å². The molecule has 1 aromatic carbocycles. The highest BCUT2D eigenvalue weighted by Crippen LogP contribution is 2.36. The van der Waals surface area contributed by atoms with E-state index in [1.807, 2.05) is 6.07 Å². The second-order valence-corrected chi connectivity index (χ2v) is 5.48. The van der Waals surface area contributed by atoms with Crippen molar-refractivity contribution in [3.05, 3.63) is 35.4 Å². The van der Waals surface area contributed by atoms with E-state index in [9.17, 15) is 4.79 Å². The molecule has 7 heteroatoms. The van der Waals surface area contributed by atoms with Crippen LogP contribution in [0.25, 0.3) is 0 Å². The summed E-state index contributed by atoms with van der Waals surface area (Å²) in [6.07, 6.45) is 2.20. The van der Waals surface area contributed by atoms with E-state index in [2.05, 4.69) is 15.5 Å². The Labute approximate surface area is 119 Å². The molecule has 20 heavy (non-hydrogen) atoms. The SMILES string of the molecule is N#Cc1ccc(C(=O)CSc2nnnn2C2CC2)cc1. The van der Waals surface area contributed by atoms with E-state index in [0.717, 1.165) is 12.8 Å². The van der Waals surface area contributed by atoms with E-state index in [4.69, 9.17) is 5.26 Å². The van der Waals surface area contributed by atoms with Gasteiger partial charge in [0.15, 0.2) is 5.78 Å². The minimum atomic E-state index is 0.00448. The summed E-state index contributed by atoms with van der Waals surface area (Å²) in [6.45, 7) is 0. The van der Waals surface area contributed by atoms with Gasteiger partial charge in [-0.1, -0.05) is 23.9 Å².